The van der Waals surface area contributed by atoms with Gasteiger partial charge < -0.3 is 10.0 Å². The van der Waals surface area contributed by atoms with Gasteiger partial charge in [-0.25, -0.2) is 0 Å². The van der Waals surface area contributed by atoms with Gasteiger partial charge in [0, 0.05) is 17.5 Å². The number of carbonyl (C=O) groups is 1. The fourth-order valence-electron chi connectivity index (χ4n) is 2.28. The number of aliphatic carboxylic acids is 1. The first-order valence-electron chi connectivity index (χ1n) is 6.29. The second kappa shape index (κ2) is 6.14. The monoisotopic (exact) mass is 265 g/mol. The third kappa shape index (κ3) is 3.42. The summed E-state index contributed by atoms with van der Waals surface area (Å²) in [5.41, 5.74) is 2.22. The Morgan fingerprint density at radius 3 is 2.72 bits per heavy atom. The van der Waals surface area contributed by atoms with E-state index in [1.165, 1.54) is 17.7 Å². The van der Waals surface area contributed by atoms with Crippen LogP contribution in [-0.4, -0.2) is 35.2 Å². The number of nitrogens with zero attached hydrogens (tertiary/aromatic N) is 1. The summed E-state index contributed by atoms with van der Waals surface area (Å²) in [5.74, 6) is 1.47. The first-order valence-corrected chi connectivity index (χ1v) is 7.45. The fraction of sp³-hybridized carbons (Fsp3) is 0.500. The van der Waals surface area contributed by atoms with Gasteiger partial charge in [0.1, 0.15) is 6.54 Å². The summed E-state index contributed by atoms with van der Waals surface area (Å²) in [6.45, 7) is 2.13. The summed E-state index contributed by atoms with van der Waals surface area (Å²) in [4.78, 5) is 13.1. The van der Waals surface area contributed by atoms with Crippen LogP contribution in [0, 0.1) is 6.92 Å². The lowest BCUT2D eigenvalue weighted by Crippen LogP contribution is -2.42. The second-order valence-electron chi connectivity index (χ2n) is 4.73. The summed E-state index contributed by atoms with van der Waals surface area (Å²) >= 11 is 1.92. The zero-order valence-corrected chi connectivity index (χ0v) is 11.4. The van der Waals surface area contributed by atoms with Gasteiger partial charge >= 0.3 is 5.97 Å². The van der Waals surface area contributed by atoms with E-state index in [1.54, 1.807) is 0 Å². The number of benzene rings is 1. The number of carboxylic acids is 1. The lowest BCUT2D eigenvalue weighted by Gasteiger charge is -2.34. The quantitative estimate of drug-likeness (QED) is 0.909. The van der Waals surface area contributed by atoms with Gasteiger partial charge in [0.05, 0.1) is 0 Å². The van der Waals surface area contributed by atoms with Crippen LogP contribution in [0.4, 0.5) is 5.69 Å². The minimum absolute atomic E-state index is 0.0916. The zero-order chi connectivity index (χ0) is 13.0. The van der Waals surface area contributed by atoms with Gasteiger partial charge in [-0.05, 0) is 37.7 Å². The number of carboxylic acid groups (broad SMARTS) is 1. The van der Waals surface area contributed by atoms with E-state index in [1.807, 2.05) is 47.9 Å². The molecule has 18 heavy (non-hydrogen) atoms. The van der Waals surface area contributed by atoms with E-state index >= 15 is 0 Å². The van der Waals surface area contributed by atoms with Crippen molar-refractivity contribution in [2.75, 3.05) is 23.0 Å². The molecule has 1 aromatic rings. The topological polar surface area (TPSA) is 40.5 Å². The van der Waals surface area contributed by atoms with Crippen LogP contribution >= 0.6 is 11.8 Å². The minimum atomic E-state index is -0.758. The highest BCUT2D eigenvalue weighted by Gasteiger charge is 2.23. The zero-order valence-electron chi connectivity index (χ0n) is 10.6. The van der Waals surface area contributed by atoms with Crippen LogP contribution in [0.1, 0.15) is 18.4 Å². The van der Waals surface area contributed by atoms with Crippen LogP contribution in [0.25, 0.3) is 0 Å². The molecule has 0 spiro atoms. The lowest BCUT2D eigenvalue weighted by molar-refractivity contribution is -0.135. The number of thioether (sulfide) groups is 1. The lowest BCUT2D eigenvalue weighted by atomic mass is 10.1. The molecule has 0 aliphatic carbocycles. The molecule has 0 aromatic heterocycles. The van der Waals surface area contributed by atoms with Crippen molar-refractivity contribution < 1.29 is 9.90 Å². The van der Waals surface area contributed by atoms with E-state index in [0.717, 1.165) is 17.9 Å². The Balaban J connectivity index is 2.17. The molecule has 1 saturated heterocycles. The van der Waals surface area contributed by atoms with Crippen molar-refractivity contribution in [1.82, 2.24) is 0 Å². The van der Waals surface area contributed by atoms with Gasteiger partial charge in [0.2, 0.25) is 0 Å². The van der Waals surface area contributed by atoms with Gasteiger partial charge in [-0.2, -0.15) is 11.8 Å². The predicted octanol–water partition coefficient (Wildman–Crippen LogP) is 2.78. The van der Waals surface area contributed by atoms with Crippen LogP contribution in [0.5, 0.6) is 0 Å². The second-order valence-corrected chi connectivity index (χ2v) is 5.88. The largest absolute Gasteiger partial charge is 0.480 e. The minimum Gasteiger partial charge on any atom is -0.480 e. The van der Waals surface area contributed by atoms with Gasteiger partial charge in [0.25, 0.3) is 0 Å². The van der Waals surface area contributed by atoms with Crippen LogP contribution in [-0.2, 0) is 4.79 Å². The molecule has 1 aromatic carbocycles. The molecule has 0 saturated carbocycles. The number of hydrogen-bond acceptors (Lipinski definition) is 3. The first-order chi connectivity index (χ1) is 8.66. The van der Waals surface area contributed by atoms with Gasteiger partial charge in [0.15, 0.2) is 0 Å². The molecule has 0 bridgehead atoms. The first kappa shape index (κ1) is 13.3. The van der Waals surface area contributed by atoms with Crippen LogP contribution < -0.4 is 4.90 Å². The molecule has 98 valence electrons. The van der Waals surface area contributed by atoms with Crippen molar-refractivity contribution in [2.45, 2.75) is 25.8 Å². The van der Waals surface area contributed by atoms with Gasteiger partial charge in [-0.15, -0.1) is 0 Å². The van der Waals surface area contributed by atoms with Crippen molar-refractivity contribution in [3.05, 3.63) is 29.8 Å². The molecule has 1 atom stereocenters. The average Bonchev–Trinajstić information content (AvgIpc) is 2.38. The fourth-order valence-corrected chi connectivity index (χ4v) is 3.44. The average molecular weight is 265 g/mol. The Morgan fingerprint density at radius 1 is 1.44 bits per heavy atom. The summed E-state index contributed by atoms with van der Waals surface area (Å²) < 4.78 is 0. The Hall–Kier alpha value is -1.16. The molecule has 4 heteroatoms. The highest BCUT2D eigenvalue weighted by molar-refractivity contribution is 7.99. The molecule has 1 heterocycles. The Bertz CT molecular complexity index is 399. The molecule has 2 rings (SSSR count). The Kier molecular flexibility index (Phi) is 4.53. The van der Waals surface area contributed by atoms with E-state index in [2.05, 4.69) is 0 Å². The maximum Gasteiger partial charge on any atom is 0.323 e. The van der Waals surface area contributed by atoms with E-state index < -0.39 is 5.97 Å². The predicted molar refractivity (Wildman–Crippen MR) is 76.5 cm³/mol. The third-order valence-corrected chi connectivity index (χ3v) is 4.45. The molecule has 1 aliphatic heterocycles. The standard InChI is InChI=1S/C14H19NO2S/c1-11-4-6-12(7-5-11)15(9-14(16)17)13-3-2-8-18-10-13/h4-7,13H,2-3,8-10H2,1H3,(H,16,17). The van der Waals surface area contributed by atoms with Gasteiger partial charge in [-0.3, -0.25) is 4.79 Å². The maximum absolute atomic E-state index is 11.0. The highest BCUT2D eigenvalue weighted by Crippen LogP contribution is 2.26. The van der Waals surface area contributed by atoms with Crippen molar-refractivity contribution in [1.29, 1.82) is 0 Å². The summed E-state index contributed by atoms with van der Waals surface area (Å²) in [7, 11) is 0. The number of aryl methyl sites for hydroxylation is 1. The molecular weight excluding hydrogens is 246 g/mol. The van der Waals surface area contributed by atoms with E-state index in [-0.39, 0.29) is 6.54 Å². The number of anilines is 1. The van der Waals surface area contributed by atoms with Gasteiger partial charge in [-0.1, -0.05) is 17.7 Å². The van der Waals surface area contributed by atoms with Crippen LogP contribution in [0.15, 0.2) is 24.3 Å². The molecule has 1 fully saturated rings. The van der Waals surface area contributed by atoms with E-state index in [4.69, 9.17) is 5.11 Å². The van der Waals surface area contributed by atoms with Crippen LogP contribution in [0.2, 0.25) is 0 Å². The highest BCUT2D eigenvalue weighted by atomic mass is 32.2. The van der Waals surface area contributed by atoms with E-state index in [0.29, 0.717) is 6.04 Å². The molecule has 1 unspecified atom stereocenters. The maximum atomic E-state index is 11.0. The smallest absolute Gasteiger partial charge is 0.323 e. The van der Waals surface area contributed by atoms with Crippen molar-refractivity contribution >= 4 is 23.4 Å². The molecule has 0 amide bonds. The van der Waals surface area contributed by atoms with E-state index in [9.17, 15) is 4.79 Å². The molecule has 3 nitrogen and oxygen atoms in total. The normalized spacial score (nSPS) is 19.5. The van der Waals surface area contributed by atoms with Crippen molar-refractivity contribution in [2.24, 2.45) is 0 Å². The molecule has 1 aliphatic rings. The SMILES string of the molecule is Cc1ccc(N(CC(=O)O)C2CCCSC2)cc1. The van der Waals surface area contributed by atoms with Crippen LogP contribution in [0.3, 0.4) is 0 Å². The molecule has 1 N–H and O–H groups in total. The Labute approximate surface area is 112 Å². The molecule has 0 radical (unpaired) electrons. The Morgan fingerprint density at radius 2 is 2.17 bits per heavy atom. The number of rotatable bonds is 4. The summed E-state index contributed by atoms with van der Waals surface area (Å²) in [6, 6.07) is 8.48. The van der Waals surface area contributed by atoms with Crippen molar-refractivity contribution in [3.63, 3.8) is 0 Å². The molecular formula is C14H19NO2S. The summed E-state index contributed by atoms with van der Waals surface area (Å²) in [5, 5.41) is 9.08. The summed E-state index contributed by atoms with van der Waals surface area (Å²) in [6.07, 6.45) is 2.27. The number of hydrogen-bond donors (Lipinski definition) is 1. The third-order valence-electron chi connectivity index (χ3n) is 3.25. The van der Waals surface area contributed by atoms with Crippen molar-refractivity contribution in [3.8, 4) is 0 Å².